The molecule has 0 fully saturated rings. The van der Waals surface area contributed by atoms with E-state index < -0.39 is 33.5 Å². The van der Waals surface area contributed by atoms with Gasteiger partial charge in [-0.25, -0.2) is 9.18 Å². The zero-order valence-corrected chi connectivity index (χ0v) is 8.77. The van der Waals surface area contributed by atoms with Crippen LogP contribution < -0.4 is 0 Å². The molecule has 0 radical (unpaired) electrons. The minimum Gasteiger partial charge on any atom is -0.462 e. The van der Waals surface area contributed by atoms with Crippen molar-refractivity contribution in [1.29, 1.82) is 5.26 Å². The van der Waals surface area contributed by atoms with Crippen LogP contribution in [0.1, 0.15) is 22.8 Å². The summed E-state index contributed by atoms with van der Waals surface area (Å²) in [6.07, 6.45) is 0. The number of carbonyl (C=O) groups excluding carboxylic acids is 1. The predicted octanol–water partition coefficient (Wildman–Crippen LogP) is 1.78. The first-order chi connectivity index (χ1) is 8.01. The Morgan fingerprint density at radius 2 is 2.29 bits per heavy atom. The van der Waals surface area contributed by atoms with Gasteiger partial charge in [0, 0.05) is 6.07 Å². The molecule has 0 amide bonds. The van der Waals surface area contributed by atoms with Crippen molar-refractivity contribution in [2.45, 2.75) is 6.92 Å². The number of esters is 1. The third-order valence-corrected chi connectivity index (χ3v) is 1.90. The monoisotopic (exact) mass is 238 g/mol. The van der Waals surface area contributed by atoms with Crippen LogP contribution in [0.25, 0.3) is 0 Å². The highest BCUT2D eigenvalue weighted by Crippen LogP contribution is 2.22. The van der Waals surface area contributed by atoms with Gasteiger partial charge in [0.2, 0.25) is 0 Å². The standard InChI is InChI=1S/C10H7FN2O4/c1-2-17-10(14)7-4-9(13(15)16)6(5-12)3-8(7)11/h3-4H,2H2,1H3. The predicted molar refractivity (Wildman–Crippen MR) is 53.7 cm³/mol. The lowest BCUT2D eigenvalue weighted by Crippen LogP contribution is -2.08. The summed E-state index contributed by atoms with van der Waals surface area (Å²) in [7, 11) is 0. The Bertz CT molecular complexity index is 522. The molecule has 0 aliphatic carbocycles. The van der Waals surface area contributed by atoms with Crippen LogP contribution in [-0.4, -0.2) is 17.5 Å². The number of carbonyl (C=O) groups is 1. The molecule has 0 aliphatic rings. The summed E-state index contributed by atoms with van der Waals surface area (Å²) in [5.74, 6) is -2.02. The number of hydrogen-bond donors (Lipinski definition) is 0. The summed E-state index contributed by atoms with van der Waals surface area (Å²) in [6, 6.07) is 2.83. The molecular weight excluding hydrogens is 231 g/mol. The second-order valence-corrected chi connectivity index (χ2v) is 2.94. The Balaban J connectivity index is 3.35. The summed E-state index contributed by atoms with van der Waals surface area (Å²) in [4.78, 5) is 21.0. The Kier molecular flexibility index (Phi) is 3.72. The van der Waals surface area contributed by atoms with E-state index in [-0.39, 0.29) is 6.61 Å². The summed E-state index contributed by atoms with van der Waals surface area (Å²) in [6.45, 7) is 1.54. The first kappa shape index (κ1) is 12.6. The van der Waals surface area contributed by atoms with E-state index in [0.29, 0.717) is 12.1 Å². The van der Waals surface area contributed by atoms with Gasteiger partial charge in [0.25, 0.3) is 5.69 Å². The number of benzene rings is 1. The maximum absolute atomic E-state index is 13.4. The van der Waals surface area contributed by atoms with Gasteiger partial charge in [-0.2, -0.15) is 5.26 Å². The number of nitro groups is 1. The zero-order chi connectivity index (χ0) is 13.0. The molecule has 88 valence electrons. The number of halogens is 1. The first-order valence-corrected chi connectivity index (χ1v) is 4.56. The average molecular weight is 238 g/mol. The van der Waals surface area contributed by atoms with E-state index in [1.54, 1.807) is 0 Å². The third-order valence-electron chi connectivity index (χ3n) is 1.90. The van der Waals surface area contributed by atoms with Crippen LogP contribution in [0.4, 0.5) is 10.1 Å². The Hall–Kier alpha value is -2.49. The summed E-state index contributed by atoms with van der Waals surface area (Å²) in [5, 5.41) is 19.2. The van der Waals surface area contributed by atoms with Crippen molar-refractivity contribution in [3.8, 4) is 6.07 Å². The van der Waals surface area contributed by atoms with E-state index in [4.69, 9.17) is 5.26 Å². The molecular formula is C10H7FN2O4. The van der Waals surface area contributed by atoms with Crippen molar-refractivity contribution in [2.75, 3.05) is 6.61 Å². The second kappa shape index (κ2) is 5.03. The Morgan fingerprint density at radius 1 is 1.65 bits per heavy atom. The minimum atomic E-state index is -1.02. The fourth-order valence-corrected chi connectivity index (χ4v) is 1.17. The molecule has 1 aromatic carbocycles. The second-order valence-electron chi connectivity index (χ2n) is 2.94. The van der Waals surface area contributed by atoms with Gasteiger partial charge >= 0.3 is 5.97 Å². The molecule has 0 unspecified atom stereocenters. The van der Waals surface area contributed by atoms with Crippen molar-refractivity contribution in [2.24, 2.45) is 0 Å². The molecule has 0 spiro atoms. The van der Waals surface area contributed by atoms with Crippen LogP contribution >= 0.6 is 0 Å². The van der Waals surface area contributed by atoms with Crippen molar-refractivity contribution in [3.63, 3.8) is 0 Å². The van der Waals surface area contributed by atoms with Gasteiger partial charge in [-0.3, -0.25) is 10.1 Å². The highest BCUT2D eigenvalue weighted by molar-refractivity contribution is 5.91. The van der Waals surface area contributed by atoms with E-state index in [2.05, 4.69) is 4.74 Å². The molecule has 7 heteroatoms. The number of rotatable bonds is 3. The van der Waals surface area contributed by atoms with Crippen molar-refractivity contribution in [3.05, 3.63) is 39.2 Å². The lowest BCUT2D eigenvalue weighted by Gasteiger charge is -2.03. The zero-order valence-electron chi connectivity index (χ0n) is 8.77. The summed E-state index contributed by atoms with van der Waals surface area (Å²) in [5.41, 5.74) is -1.63. The van der Waals surface area contributed by atoms with Gasteiger partial charge in [-0.15, -0.1) is 0 Å². The molecule has 6 nitrogen and oxygen atoms in total. The normalized spacial score (nSPS) is 9.47. The molecule has 0 N–H and O–H groups in total. The van der Waals surface area contributed by atoms with Crippen molar-refractivity contribution in [1.82, 2.24) is 0 Å². The fourth-order valence-electron chi connectivity index (χ4n) is 1.17. The van der Waals surface area contributed by atoms with E-state index in [9.17, 15) is 19.3 Å². The lowest BCUT2D eigenvalue weighted by atomic mass is 10.1. The van der Waals surface area contributed by atoms with Crippen LogP contribution in [0.2, 0.25) is 0 Å². The largest absolute Gasteiger partial charge is 0.462 e. The number of ether oxygens (including phenoxy) is 1. The van der Waals surface area contributed by atoms with Crippen molar-refractivity contribution < 1.29 is 18.8 Å². The average Bonchev–Trinajstić information content (AvgIpc) is 2.28. The maximum atomic E-state index is 13.4. The molecule has 0 aromatic heterocycles. The summed E-state index contributed by atoms with van der Waals surface area (Å²) >= 11 is 0. The van der Waals surface area contributed by atoms with Gasteiger partial charge in [-0.05, 0) is 13.0 Å². The van der Waals surface area contributed by atoms with Crippen LogP contribution in [0.5, 0.6) is 0 Å². The van der Waals surface area contributed by atoms with Gasteiger partial charge in [0.1, 0.15) is 23.0 Å². The van der Waals surface area contributed by atoms with Gasteiger partial charge in [-0.1, -0.05) is 0 Å². The number of nitrogens with zero attached hydrogens (tertiary/aromatic N) is 2. The van der Waals surface area contributed by atoms with Gasteiger partial charge < -0.3 is 4.74 Å². The molecule has 0 saturated heterocycles. The molecule has 17 heavy (non-hydrogen) atoms. The number of nitro benzene ring substituents is 1. The number of nitriles is 1. The Labute approximate surface area is 95.4 Å². The third kappa shape index (κ3) is 2.55. The van der Waals surface area contributed by atoms with E-state index in [1.807, 2.05) is 0 Å². The van der Waals surface area contributed by atoms with E-state index in [1.165, 1.54) is 13.0 Å². The lowest BCUT2D eigenvalue weighted by molar-refractivity contribution is -0.385. The van der Waals surface area contributed by atoms with Crippen LogP contribution in [0, 0.1) is 27.3 Å². The summed E-state index contributed by atoms with van der Waals surface area (Å²) < 4.78 is 17.9. The van der Waals surface area contributed by atoms with Gasteiger partial charge in [0.05, 0.1) is 11.5 Å². The molecule has 0 heterocycles. The maximum Gasteiger partial charge on any atom is 0.341 e. The molecule has 1 rings (SSSR count). The Morgan fingerprint density at radius 3 is 2.76 bits per heavy atom. The minimum absolute atomic E-state index is 0.0199. The molecule has 0 atom stereocenters. The van der Waals surface area contributed by atoms with Gasteiger partial charge in [0.15, 0.2) is 0 Å². The highest BCUT2D eigenvalue weighted by atomic mass is 19.1. The molecule has 1 aromatic rings. The molecule has 0 aliphatic heterocycles. The van der Waals surface area contributed by atoms with Crippen LogP contribution in [-0.2, 0) is 4.74 Å². The fraction of sp³-hybridized carbons (Fsp3) is 0.200. The molecule has 0 bridgehead atoms. The number of hydrogen-bond acceptors (Lipinski definition) is 5. The van der Waals surface area contributed by atoms with Crippen LogP contribution in [0.3, 0.4) is 0 Å². The topological polar surface area (TPSA) is 93.2 Å². The van der Waals surface area contributed by atoms with Crippen molar-refractivity contribution >= 4 is 11.7 Å². The quantitative estimate of drug-likeness (QED) is 0.454. The SMILES string of the molecule is CCOC(=O)c1cc([N+](=O)[O-])c(C#N)cc1F. The highest BCUT2D eigenvalue weighted by Gasteiger charge is 2.22. The smallest absolute Gasteiger partial charge is 0.341 e. The van der Waals surface area contributed by atoms with Crippen LogP contribution in [0.15, 0.2) is 12.1 Å². The van der Waals surface area contributed by atoms with E-state index >= 15 is 0 Å². The van der Waals surface area contributed by atoms with E-state index in [0.717, 1.165) is 0 Å². The molecule has 0 saturated carbocycles. The first-order valence-electron chi connectivity index (χ1n) is 4.56.